The lowest BCUT2D eigenvalue weighted by Crippen LogP contribution is -2.28. The van der Waals surface area contributed by atoms with Gasteiger partial charge >= 0.3 is 5.97 Å². The number of unbranched alkanes of at least 4 members (excludes halogenated alkanes) is 2. The molecule has 0 saturated heterocycles. The third kappa shape index (κ3) is 6.04. The van der Waals surface area contributed by atoms with Gasteiger partial charge in [0.25, 0.3) is 0 Å². The summed E-state index contributed by atoms with van der Waals surface area (Å²) in [7, 11) is 0. The van der Waals surface area contributed by atoms with Crippen LogP contribution in [0, 0.1) is 0 Å². The average molecular weight is 263 g/mol. The van der Waals surface area contributed by atoms with Crippen molar-refractivity contribution in [2.24, 2.45) is 0 Å². The SMILES string of the molecule is C[C@H](C(=O)NCCCCCC(=O)O)c1ccccc1. The molecule has 0 bridgehead atoms. The Kier molecular flexibility index (Phi) is 6.64. The number of hydrogen-bond acceptors (Lipinski definition) is 2. The summed E-state index contributed by atoms with van der Waals surface area (Å²) in [5, 5.41) is 11.4. The summed E-state index contributed by atoms with van der Waals surface area (Å²) in [5.74, 6) is -0.897. The van der Waals surface area contributed by atoms with E-state index >= 15 is 0 Å². The highest BCUT2D eigenvalue weighted by atomic mass is 16.4. The van der Waals surface area contributed by atoms with Gasteiger partial charge in [0.1, 0.15) is 0 Å². The molecule has 4 nitrogen and oxygen atoms in total. The van der Waals surface area contributed by atoms with E-state index in [0.717, 1.165) is 18.4 Å². The average Bonchev–Trinajstić information content (AvgIpc) is 2.42. The van der Waals surface area contributed by atoms with Crippen molar-refractivity contribution >= 4 is 11.9 Å². The van der Waals surface area contributed by atoms with Gasteiger partial charge in [0, 0.05) is 13.0 Å². The Morgan fingerprint density at radius 3 is 2.47 bits per heavy atom. The number of rotatable bonds is 8. The van der Waals surface area contributed by atoms with Gasteiger partial charge in [-0.1, -0.05) is 36.8 Å². The fourth-order valence-corrected chi connectivity index (χ4v) is 1.84. The number of benzene rings is 1. The van der Waals surface area contributed by atoms with Crippen LogP contribution in [0.3, 0.4) is 0 Å². The zero-order valence-corrected chi connectivity index (χ0v) is 11.3. The number of hydrogen-bond donors (Lipinski definition) is 2. The molecule has 1 aromatic carbocycles. The topological polar surface area (TPSA) is 66.4 Å². The number of carbonyl (C=O) groups is 2. The van der Waals surface area contributed by atoms with Crippen LogP contribution in [0.2, 0.25) is 0 Å². The maximum Gasteiger partial charge on any atom is 0.303 e. The van der Waals surface area contributed by atoms with Crippen LogP contribution in [-0.4, -0.2) is 23.5 Å². The first-order valence-corrected chi connectivity index (χ1v) is 6.65. The van der Waals surface area contributed by atoms with Gasteiger partial charge < -0.3 is 10.4 Å². The summed E-state index contributed by atoms with van der Waals surface area (Å²) < 4.78 is 0. The first-order chi connectivity index (χ1) is 9.11. The molecular formula is C15H21NO3. The van der Waals surface area contributed by atoms with E-state index in [4.69, 9.17) is 5.11 Å². The third-order valence-corrected chi connectivity index (χ3v) is 3.06. The van der Waals surface area contributed by atoms with Gasteiger partial charge in [-0.3, -0.25) is 9.59 Å². The Morgan fingerprint density at radius 1 is 1.16 bits per heavy atom. The van der Waals surface area contributed by atoms with E-state index in [1.54, 1.807) is 0 Å². The minimum atomic E-state index is -0.762. The Bertz CT molecular complexity index is 403. The van der Waals surface area contributed by atoms with Gasteiger partial charge in [-0.05, 0) is 25.3 Å². The summed E-state index contributed by atoms with van der Waals surface area (Å²) in [5.41, 5.74) is 1.01. The summed E-state index contributed by atoms with van der Waals surface area (Å²) in [6.07, 6.45) is 2.51. The molecule has 0 fully saturated rings. The molecule has 0 saturated carbocycles. The minimum absolute atomic E-state index is 0.0180. The highest BCUT2D eigenvalue weighted by molar-refractivity contribution is 5.83. The maximum atomic E-state index is 11.9. The van der Waals surface area contributed by atoms with Crippen LogP contribution in [0.1, 0.15) is 44.1 Å². The lowest BCUT2D eigenvalue weighted by Gasteiger charge is -2.12. The lowest BCUT2D eigenvalue weighted by atomic mass is 10.0. The molecule has 0 unspecified atom stereocenters. The zero-order chi connectivity index (χ0) is 14.1. The molecule has 0 radical (unpaired) electrons. The second-order valence-corrected chi connectivity index (χ2v) is 4.63. The normalized spacial score (nSPS) is 11.8. The van der Waals surface area contributed by atoms with Gasteiger partial charge in [0.05, 0.1) is 5.92 Å². The van der Waals surface area contributed by atoms with Crippen molar-refractivity contribution in [3.05, 3.63) is 35.9 Å². The molecule has 0 aromatic heterocycles. The van der Waals surface area contributed by atoms with Crippen LogP contribution >= 0.6 is 0 Å². The van der Waals surface area contributed by atoms with Gasteiger partial charge in [0.15, 0.2) is 0 Å². The van der Waals surface area contributed by atoms with Crippen LogP contribution in [0.5, 0.6) is 0 Å². The van der Waals surface area contributed by atoms with Crippen LogP contribution in [-0.2, 0) is 9.59 Å². The smallest absolute Gasteiger partial charge is 0.303 e. The standard InChI is InChI=1S/C15H21NO3/c1-12(13-8-4-2-5-9-13)15(19)16-11-7-3-6-10-14(17)18/h2,4-5,8-9,12H,3,6-7,10-11H2,1H3,(H,16,19)(H,17,18)/t12-/m0/s1. The van der Waals surface area contributed by atoms with E-state index in [1.165, 1.54) is 0 Å². The van der Waals surface area contributed by atoms with Gasteiger partial charge in [-0.25, -0.2) is 0 Å². The number of carbonyl (C=O) groups excluding carboxylic acids is 1. The predicted molar refractivity (Wildman–Crippen MR) is 74.0 cm³/mol. The van der Waals surface area contributed by atoms with Crippen molar-refractivity contribution in [3.63, 3.8) is 0 Å². The van der Waals surface area contributed by atoms with Crippen molar-refractivity contribution in [3.8, 4) is 0 Å². The molecule has 1 aromatic rings. The molecule has 0 spiro atoms. The molecule has 0 aliphatic rings. The summed E-state index contributed by atoms with van der Waals surface area (Å²) in [4.78, 5) is 22.2. The Balaban J connectivity index is 2.19. The van der Waals surface area contributed by atoms with E-state index in [9.17, 15) is 9.59 Å². The highest BCUT2D eigenvalue weighted by Crippen LogP contribution is 2.14. The van der Waals surface area contributed by atoms with Crippen molar-refractivity contribution in [1.29, 1.82) is 0 Å². The molecule has 0 aliphatic heterocycles. The van der Waals surface area contributed by atoms with E-state index in [1.807, 2.05) is 37.3 Å². The molecule has 1 atom stereocenters. The summed E-state index contributed by atoms with van der Waals surface area (Å²) in [6, 6.07) is 9.65. The van der Waals surface area contributed by atoms with Crippen LogP contribution in [0.15, 0.2) is 30.3 Å². The van der Waals surface area contributed by atoms with Gasteiger partial charge in [0.2, 0.25) is 5.91 Å². The fourth-order valence-electron chi connectivity index (χ4n) is 1.84. The van der Waals surface area contributed by atoms with E-state index in [-0.39, 0.29) is 18.2 Å². The second kappa shape index (κ2) is 8.29. The van der Waals surface area contributed by atoms with E-state index in [0.29, 0.717) is 13.0 Å². The molecule has 0 heterocycles. The Morgan fingerprint density at radius 2 is 1.84 bits per heavy atom. The Hall–Kier alpha value is -1.84. The molecule has 19 heavy (non-hydrogen) atoms. The zero-order valence-electron chi connectivity index (χ0n) is 11.3. The largest absolute Gasteiger partial charge is 0.481 e. The molecule has 4 heteroatoms. The van der Waals surface area contributed by atoms with Crippen molar-refractivity contribution in [1.82, 2.24) is 5.32 Å². The Labute approximate surface area is 113 Å². The third-order valence-electron chi connectivity index (χ3n) is 3.06. The first-order valence-electron chi connectivity index (χ1n) is 6.65. The van der Waals surface area contributed by atoms with Gasteiger partial charge in [-0.15, -0.1) is 0 Å². The first kappa shape index (κ1) is 15.2. The van der Waals surface area contributed by atoms with E-state index in [2.05, 4.69) is 5.32 Å². The molecule has 104 valence electrons. The highest BCUT2D eigenvalue weighted by Gasteiger charge is 2.13. The quantitative estimate of drug-likeness (QED) is 0.708. The molecule has 0 aliphatic carbocycles. The number of aliphatic carboxylic acids is 1. The minimum Gasteiger partial charge on any atom is -0.481 e. The van der Waals surface area contributed by atoms with Crippen molar-refractivity contribution in [2.75, 3.05) is 6.54 Å². The van der Waals surface area contributed by atoms with Crippen molar-refractivity contribution in [2.45, 2.75) is 38.5 Å². The van der Waals surface area contributed by atoms with Crippen molar-refractivity contribution < 1.29 is 14.7 Å². The van der Waals surface area contributed by atoms with Crippen LogP contribution in [0.25, 0.3) is 0 Å². The number of amides is 1. The molecule has 1 amide bonds. The molecule has 1 rings (SSSR count). The predicted octanol–water partition coefficient (Wildman–Crippen LogP) is 2.55. The monoisotopic (exact) mass is 263 g/mol. The van der Waals surface area contributed by atoms with E-state index < -0.39 is 5.97 Å². The molecular weight excluding hydrogens is 242 g/mol. The van der Waals surface area contributed by atoms with Crippen LogP contribution < -0.4 is 5.32 Å². The lowest BCUT2D eigenvalue weighted by molar-refractivity contribution is -0.137. The fraction of sp³-hybridized carbons (Fsp3) is 0.467. The summed E-state index contributed by atoms with van der Waals surface area (Å²) in [6.45, 7) is 2.49. The number of carboxylic acids is 1. The second-order valence-electron chi connectivity index (χ2n) is 4.63. The molecule has 2 N–H and O–H groups in total. The summed E-state index contributed by atoms with van der Waals surface area (Å²) >= 11 is 0. The van der Waals surface area contributed by atoms with Gasteiger partial charge in [-0.2, -0.15) is 0 Å². The number of carboxylic acid groups (broad SMARTS) is 1. The number of nitrogens with one attached hydrogen (secondary N) is 1. The van der Waals surface area contributed by atoms with Crippen LogP contribution in [0.4, 0.5) is 0 Å². The maximum absolute atomic E-state index is 11.9.